The predicted molar refractivity (Wildman–Crippen MR) is 84.9 cm³/mol. The third-order valence-electron chi connectivity index (χ3n) is 4.09. The second-order valence-corrected chi connectivity index (χ2v) is 8.59. The van der Waals surface area contributed by atoms with Gasteiger partial charge in [0.2, 0.25) is 10.0 Å². The van der Waals surface area contributed by atoms with Crippen LogP contribution >= 0.6 is 15.9 Å². The molecule has 0 unspecified atom stereocenters. The number of benzene rings is 1. The lowest BCUT2D eigenvalue weighted by atomic mass is 9.76. The van der Waals surface area contributed by atoms with E-state index in [9.17, 15) is 12.8 Å². The van der Waals surface area contributed by atoms with E-state index in [2.05, 4.69) is 27.6 Å². The van der Waals surface area contributed by atoms with E-state index in [0.29, 0.717) is 6.54 Å². The Labute approximate surface area is 133 Å². The molecule has 0 aromatic heterocycles. The first-order valence-electron chi connectivity index (χ1n) is 6.98. The highest BCUT2D eigenvalue weighted by molar-refractivity contribution is 9.10. The van der Waals surface area contributed by atoms with Crippen LogP contribution in [0.1, 0.15) is 39.0 Å². The zero-order valence-electron chi connectivity index (χ0n) is 12.0. The minimum atomic E-state index is -3.74. The highest BCUT2D eigenvalue weighted by Gasteiger charge is 2.29. The lowest BCUT2D eigenvalue weighted by Gasteiger charge is -2.33. The number of hydrogen-bond acceptors (Lipinski definition) is 3. The smallest absolute Gasteiger partial charge is 0.242 e. The molecule has 0 atom stereocenters. The number of nitrogens with two attached hydrogens (primary N) is 1. The number of anilines is 1. The van der Waals surface area contributed by atoms with Gasteiger partial charge in [-0.05, 0) is 46.3 Å². The molecular formula is C14H20BrFN2O2S. The molecule has 3 N–H and O–H groups in total. The Morgan fingerprint density at radius 3 is 2.57 bits per heavy atom. The minimum Gasteiger partial charge on any atom is -0.398 e. The van der Waals surface area contributed by atoms with Crippen LogP contribution in [0.25, 0.3) is 0 Å². The van der Waals surface area contributed by atoms with Gasteiger partial charge in [0.1, 0.15) is 10.7 Å². The van der Waals surface area contributed by atoms with E-state index in [0.717, 1.165) is 31.7 Å². The fraction of sp³-hybridized carbons (Fsp3) is 0.571. The Balaban J connectivity index is 2.17. The summed E-state index contributed by atoms with van der Waals surface area (Å²) in [5.74, 6) is -0.578. The molecule has 0 heterocycles. The van der Waals surface area contributed by atoms with Crippen molar-refractivity contribution in [2.45, 2.75) is 43.9 Å². The third kappa shape index (κ3) is 3.96. The normalized spacial score (nSPS) is 18.6. The zero-order valence-corrected chi connectivity index (χ0v) is 14.4. The standard InChI is InChI=1S/C14H20BrFN2O2S/c1-14(5-3-2-4-6-14)9-18-21(19,20)13-7-10(15)11(16)8-12(13)17/h7-8,18H,2-6,9,17H2,1H3. The zero-order chi connectivity index (χ0) is 15.7. The van der Waals surface area contributed by atoms with Gasteiger partial charge < -0.3 is 5.73 Å². The molecule has 7 heteroatoms. The summed E-state index contributed by atoms with van der Waals surface area (Å²) in [6, 6.07) is 2.22. The maximum atomic E-state index is 13.3. The largest absolute Gasteiger partial charge is 0.398 e. The molecule has 1 aromatic rings. The summed E-state index contributed by atoms with van der Waals surface area (Å²) in [6.45, 7) is 2.47. The van der Waals surface area contributed by atoms with Crippen LogP contribution in [0.15, 0.2) is 21.5 Å². The lowest BCUT2D eigenvalue weighted by molar-refractivity contribution is 0.219. The van der Waals surface area contributed by atoms with Gasteiger partial charge in [0.25, 0.3) is 0 Å². The molecular weight excluding hydrogens is 359 g/mol. The molecule has 0 bridgehead atoms. The molecule has 1 saturated carbocycles. The third-order valence-corrected chi connectivity index (χ3v) is 6.16. The van der Waals surface area contributed by atoms with Crippen LogP contribution in [0.3, 0.4) is 0 Å². The van der Waals surface area contributed by atoms with E-state index >= 15 is 0 Å². The van der Waals surface area contributed by atoms with Gasteiger partial charge in [-0.2, -0.15) is 0 Å². The molecule has 0 saturated heterocycles. The number of hydrogen-bond donors (Lipinski definition) is 2. The molecule has 0 amide bonds. The number of halogens is 2. The Kier molecular flexibility index (Phi) is 4.95. The van der Waals surface area contributed by atoms with Crippen molar-refractivity contribution in [3.8, 4) is 0 Å². The van der Waals surface area contributed by atoms with Crippen LogP contribution in [0, 0.1) is 11.2 Å². The Bertz CT molecular complexity index is 628. The van der Waals surface area contributed by atoms with E-state index in [1.807, 2.05) is 0 Å². The second kappa shape index (κ2) is 6.22. The molecule has 1 aromatic carbocycles. The van der Waals surface area contributed by atoms with Gasteiger partial charge in [0.15, 0.2) is 0 Å². The van der Waals surface area contributed by atoms with Gasteiger partial charge in [0.05, 0.1) is 10.2 Å². The summed E-state index contributed by atoms with van der Waals surface area (Å²) in [5, 5.41) is 0. The summed E-state index contributed by atoms with van der Waals surface area (Å²) in [5.41, 5.74) is 5.54. The van der Waals surface area contributed by atoms with Crippen molar-refractivity contribution in [3.05, 3.63) is 22.4 Å². The van der Waals surface area contributed by atoms with Crippen LogP contribution in [0.2, 0.25) is 0 Å². The maximum Gasteiger partial charge on any atom is 0.242 e. The van der Waals surface area contributed by atoms with E-state index in [-0.39, 0.29) is 20.5 Å². The monoisotopic (exact) mass is 378 g/mol. The Morgan fingerprint density at radius 2 is 1.95 bits per heavy atom. The molecule has 1 aliphatic rings. The number of nitrogen functional groups attached to an aromatic ring is 1. The topological polar surface area (TPSA) is 72.2 Å². The average Bonchev–Trinajstić information content (AvgIpc) is 2.42. The number of nitrogens with one attached hydrogen (secondary N) is 1. The molecule has 21 heavy (non-hydrogen) atoms. The maximum absolute atomic E-state index is 13.3. The first kappa shape index (κ1) is 16.7. The highest BCUT2D eigenvalue weighted by atomic mass is 79.9. The van der Waals surface area contributed by atoms with Crippen LogP contribution in [-0.2, 0) is 10.0 Å². The quantitative estimate of drug-likeness (QED) is 0.788. The van der Waals surface area contributed by atoms with Crippen molar-refractivity contribution in [2.24, 2.45) is 5.41 Å². The van der Waals surface area contributed by atoms with Crippen LogP contribution in [0.4, 0.5) is 10.1 Å². The van der Waals surface area contributed by atoms with Crippen LogP contribution < -0.4 is 10.5 Å². The van der Waals surface area contributed by atoms with Gasteiger partial charge >= 0.3 is 0 Å². The predicted octanol–water partition coefficient (Wildman–Crippen LogP) is 3.42. The Morgan fingerprint density at radius 1 is 1.33 bits per heavy atom. The first-order valence-corrected chi connectivity index (χ1v) is 9.25. The highest BCUT2D eigenvalue weighted by Crippen LogP contribution is 2.35. The molecule has 4 nitrogen and oxygen atoms in total. The minimum absolute atomic E-state index is 0.0165. The van der Waals surface area contributed by atoms with E-state index < -0.39 is 15.8 Å². The van der Waals surface area contributed by atoms with E-state index in [4.69, 9.17) is 5.73 Å². The summed E-state index contributed by atoms with van der Waals surface area (Å²) < 4.78 is 40.8. The first-order chi connectivity index (χ1) is 9.73. The van der Waals surface area contributed by atoms with Gasteiger partial charge in [-0.25, -0.2) is 17.5 Å². The molecule has 118 valence electrons. The summed E-state index contributed by atoms with van der Waals surface area (Å²) in [7, 11) is -3.74. The summed E-state index contributed by atoms with van der Waals surface area (Å²) in [4.78, 5) is -0.0878. The molecule has 0 spiro atoms. The van der Waals surface area contributed by atoms with Gasteiger partial charge in [-0.15, -0.1) is 0 Å². The molecule has 1 aliphatic carbocycles. The fourth-order valence-electron chi connectivity index (χ4n) is 2.71. The SMILES string of the molecule is CC1(CNS(=O)(=O)c2cc(Br)c(F)cc2N)CCCCC1. The fourth-order valence-corrected chi connectivity index (χ4v) is 4.54. The van der Waals surface area contributed by atoms with Gasteiger partial charge in [-0.3, -0.25) is 0 Å². The lowest BCUT2D eigenvalue weighted by Crippen LogP contribution is -2.37. The van der Waals surface area contributed by atoms with Crippen LogP contribution in [-0.4, -0.2) is 15.0 Å². The molecule has 2 rings (SSSR count). The van der Waals surface area contributed by atoms with Crippen LogP contribution in [0.5, 0.6) is 0 Å². The van der Waals surface area contributed by atoms with Crippen molar-refractivity contribution in [1.82, 2.24) is 4.72 Å². The van der Waals surface area contributed by atoms with E-state index in [1.165, 1.54) is 12.5 Å². The van der Waals surface area contributed by atoms with Gasteiger partial charge in [-0.1, -0.05) is 26.2 Å². The number of rotatable bonds is 4. The molecule has 1 fully saturated rings. The summed E-state index contributed by atoms with van der Waals surface area (Å²) >= 11 is 2.99. The Hall–Kier alpha value is -0.660. The average molecular weight is 379 g/mol. The van der Waals surface area contributed by atoms with Crippen molar-refractivity contribution in [1.29, 1.82) is 0 Å². The van der Waals surface area contributed by atoms with Crippen molar-refractivity contribution in [2.75, 3.05) is 12.3 Å². The van der Waals surface area contributed by atoms with Crippen molar-refractivity contribution in [3.63, 3.8) is 0 Å². The number of sulfonamides is 1. The van der Waals surface area contributed by atoms with Crippen molar-refractivity contribution >= 4 is 31.6 Å². The van der Waals surface area contributed by atoms with Gasteiger partial charge in [0, 0.05) is 6.54 Å². The second-order valence-electron chi connectivity index (χ2n) is 6.00. The molecule has 0 aliphatic heterocycles. The van der Waals surface area contributed by atoms with Crippen molar-refractivity contribution < 1.29 is 12.8 Å². The summed E-state index contributed by atoms with van der Waals surface area (Å²) in [6.07, 6.45) is 5.49. The van der Waals surface area contributed by atoms with E-state index in [1.54, 1.807) is 0 Å². The molecule has 0 radical (unpaired) electrons.